The lowest BCUT2D eigenvalue weighted by Gasteiger charge is -2.13. The summed E-state index contributed by atoms with van der Waals surface area (Å²) in [6.45, 7) is 1.21. The first kappa shape index (κ1) is 16.5. The summed E-state index contributed by atoms with van der Waals surface area (Å²) in [4.78, 5) is 22.3. The average Bonchev–Trinajstić information content (AvgIpc) is 3.37. The van der Waals surface area contributed by atoms with Gasteiger partial charge in [-0.3, -0.25) is 10.0 Å². The van der Waals surface area contributed by atoms with Crippen molar-refractivity contribution in [3.63, 3.8) is 0 Å². The lowest BCUT2D eigenvalue weighted by molar-refractivity contribution is 0.0705. The normalized spacial score (nSPS) is 13.0. The molecule has 6 nitrogen and oxygen atoms in total. The van der Waals surface area contributed by atoms with Gasteiger partial charge in [-0.2, -0.15) is 0 Å². The Hall–Kier alpha value is -3.64. The van der Waals surface area contributed by atoms with Crippen LogP contribution in [0.2, 0.25) is 0 Å². The minimum atomic E-state index is -0.491. The molecule has 3 aromatic carbocycles. The van der Waals surface area contributed by atoms with Crippen LogP contribution in [0.5, 0.6) is 0 Å². The first-order chi connectivity index (χ1) is 13.7. The van der Waals surface area contributed by atoms with Gasteiger partial charge in [0.15, 0.2) is 0 Å². The van der Waals surface area contributed by atoms with E-state index in [1.54, 1.807) is 11.5 Å². The van der Waals surface area contributed by atoms with Crippen molar-refractivity contribution in [2.24, 2.45) is 0 Å². The molecule has 0 bridgehead atoms. The number of aromatic amines is 1. The second kappa shape index (κ2) is 6.51. The molecule has 5 rings (SSSR count). The highest BCUT2D eigenvalue weighted by atomic mass is 16.5. The van der Waals surface area contributed by atoms with E-state index in [4.69, 9.17) is 10.2 Å². The molecule has 2 heterocycles. The van der Waals surface area contributed by atoms with E-state index in [0.29, 0.717) is 18.7 Å². The van der Waals surface area contributed by atoms with Crippen LogP contribution in [0.4, 0.5) is 5.95 Å². The first-order valence-electron chi connectivity index (χ1n) is 9.09. The molecule has 4 aromatic rings. The molecule has 3 N–H and O–H groups in total. The highest BCUT2D eigenvalue weighted by Gasteiger charge is 2.26. The van der Waals surface area contributed by atoms with Crippen LogP contribution in [-0.2, 0) is 13.1 Å². The molecule has 0 aliphatic carbocycles. The van der Waals surface area contributed by atoms with Crippen LogP contribution in [0.3, 0.4) is 0 Å². The zero-order valence-electron chi connectivity index (χ0n) is 15.0. The number of nitrogens with zero attached hydrogens (tertiary/aromatic N) is 2. The van der Waals surface area contributed by atoms with Gasteiger partial charge in [0.2, 0.25) is 5.95 Å². The Balaban J connectivity index is 1.54. The minimum absolute atomic E-state index is 0.489. The zero-order valence-corrected chi connectivity index (χ0v) is 15.0. The second-order valence-corrected chi connectivity index (χ2v) is 6.87. The van der Waals surface area contributed by atoms with Crippen LogP contribution in [-0.4, -0.2) is 21.1 Å². The topological polar surface area (TPSA) is 81.2 Å². The lowest BCUT2D eigenvalue weighted by atomic mass is 10.0. The highest BCUT2D eigenvalue weighted by molar-refractivity contribution is 5.96. The number of amides is 1. The van der Waals surface area contributed by atoms with Gasteiger partial charge < -0.3 is 9.88 Å². The standard InChI is InChI=1S/C22H18N4O2/c27-21(25-28)17-10-4-8-15-12-26(13-18(15)17)22-23-19-11-5-9-16(20(19)24-22)14-6-2-1-3-7-14/h1-11,28H,12-13H2,(H,23,24)(H,25,27). The van der Waals surface area contributed by atoms with E-state index >= 15 is 0 Å². The van der Waals surface area contributed by atoms with Gasteiger partial charge in [-0.15, -0.1) is 0 Å². The van der Waals surface area contributed by atoms with Crippen LogP contribution >= 0.6 is 0 Å². The molecule has 6 heteroatoms. The van der Waals surface area contributed by atoms with Crippen LogP contribution < -0.4 is 10.4 Å². The molecule has 1 amide bonds. The number of imidazole rings is 1. The quantitative estimate of drug-likeness (QED) is 0.378. The molecule has 0 saturated carbocycles. The number of hydrogen-bond donors (Lipinski definition) is 3. The summed E-state index contributed by atoms with van der Waals surface area (Å²) in [5.41, 5.74) is 8.33. The number of carbonyl (C=O) groups is 1. The van der Waals surface area contributed by atoms with E-state index in [1.165, 1.54) is 0 Å². The molecule has 0 radical (unpaired) electrons. The number of hydrogen-bond acceptors (Lipinski definition) is 4. The number of rotatable bonds is 3. The average molecular weight is 370 g/mol. The fourth-order valence-corrected chi connectivity index (χ4v) is 3.87. The molecule has 0 atom stereocenters. The molecule has 0 saturated heterocycles. The Morgan fingerprint density at radius 1 is 1.00 bits per heavy atom. The number of para-hydroxylation sites is 1. The summed E-state index contributed by atoms with van der Waals surface area (Å²) in [6.07, 6.45) is 0. The Morgan fingerprint density at radius 2 is 1.82 bits per heavy atom. The fourth-order valence-electron chi connectivity index (χ4n) is 3.87. The molecular formula is C22H18N4O2. The molecule has 0 spiro atoms. The van der Waals surface area contributed by atoms with E-state index in [0.717, 1.165) is 39.2 Å². The van der Waals surface area contributed by atoms with Crippen LogP contribution in [0.15, 0.2) is 66.7 Å². The Bertz CT molecular complexity index is 1180. The molecule has 1 aliphatic heterocycles. The number of nitrogens with one attached hydrogen (secondary N) is 2. The molecule has 0 unspecified atom stereocenters. The van der Waals surface area contributed by atoms with Crippen molar-refractivity contribution in [2.45, 2.75) is 13.1 Å². The summed E-state index contributed by atoms with van der Waals surface area (Å²) in [7, 11) is 0. The van der Waals surface area contributed by atoms with E-state index in [2.05, 4.69) is 28.1 Å². The van der Waals surface area contributed by atoms with Gasteiger partial charge in [0.25, 0.3) is 5.91 Å². The maximum absolute atomic E-state index is 12.0. The number of hydroxylamine groups is 1. The predicted molar refractivity (Wildman–Crippen MR) is 107 cm³/mol. The van der Waals surface area contributed by atoms with Crippen molar-refractivity contribution in [3.05, 3.63) is 83.4 Å². The maximum Gasteiger partial charge on any atom is 0.274 e. The molecule has 28 heavy (non-hydrogen) atoms. The first-order valence-corrected chi connectivity index (χ1v) is 9.09. The van der Waals surface area contributed by atoms with Crippen LogP contribution in [0.1, 0.15) is 21.5 Å². The Kier molecular flexibility index (Phi) is 3.84. The van der Waals surface area contributed by atoms with E-state index < -0.39 is 5.91 Å². The number of anilines is 1. The van der Waals surface area contributed by atoms with Crippen molar-refractivity contribution in [1.29, 1.82) is 0 Å². The van der Waals surface area contributed by atoms with Gasteiger partial charge in [-0.05, 0) is 28.8 Å². The minimum Gasteiger partial charge on any atom is -0.334 e. The Labute approximate surface area is 161 Å². The zero-order chi connectivity index (χ0) is 19.1. The van der Waals surface area contributed by atoms with Crippen molar-refractivity contribution in [2.75, 3.05) is 4.90 Å². The summed E-state index contributed by atoms with van der Waals surface area (Å²) in [5.74, 6) is 0.277. The molecule has 0 fully saturated rings. The summed E-state index contributed by atoms with van der Waals surface area (Å²) in [6, 6.07) is 21.9. The highest BCUT2D eigenvalue weighted by Crippen LogP contribution is 2.33. The lowest BCUT2D eigenvalue weighted by Crippen LogP contribution is -2.21. The van der Waals surface area contributed by atoms with E-state index in [-0.39, 0.29) is 0 Å². The fraction of sp³-hybridized carbons (Fsp3) is 0.0909. The van der Waals surface area contributed by atoms with Gasteiger partial charge in [0, 0.05) is 24.2 Å². The van der Waals surface area contributed by atoms with Crippen molar-refractivity contribution in [1.82, 2.24) is 15.4 Å². The van der Waals surface area contributed by atoms with E-state index in [9.17, 15) is 4.79 Å². The third kappa shape index (κ3) is 2.62. The number of aromatic nitrogens is 2. The maximum atomic E-state index is 12.0. The van der Waals surface area contributed by atoms with Gasteiger partial charge >= 0.3 is 0 Å². The predicted octanol–water partition coefficient (Wildman–Crippen LogP) is 3.87. The Morgan fingerprint density at radius 3 is 2.64 bits per heavy atom. The van der Waals surface area contributed by atoms with E-state index in [1.807, 2.05) is 42.5 Å². The third-order valence-electron chi connectivity index (χ3n) is 5.22. The van der Waals surface area contributed by atoms with Crippen molar-refractivity contribution >= 4 is 22.9 Å². The van der Waals surface area contributed by atoms with Gasteiger partial charge in [0.1, 0.15) is 0 Å². The van der Waals surface area contributed by atoms with Gasteiger partial charge in [-0.25, -0.2) is 10.5 Å². The smallest absolute Gasteiger partial charge is 0.274 e. The van der Waals surface area contributed by atoms with Gasteiger partial charge in [-0.1, -0.05) is 54.6 Å². The SMILES string of the molecule is O=C(NO)c1cccc2c1CN(c1nc3cccc(-c4ccccc4)c3[nH]1)C2. The van der Waals surface area contributed by atoms with Crippen molar-refractivity contribution < 1.29 is 10.0 Å². The van der Waals surface area contributed by atoms with Gasteiger partial charge in [0.05, 0.1) is 11.0 Å². The van der Waals surface area contributed by atoms with Crippen LogP contribution in [0, 0.1) is 0 Å². The molecular weight excluding hydrogens is 352 g/mol. The largest absolute Gasteiger partial charge is 0.334 e. The number of H-pyrrole nitrogens is 1. The second-order valence-electron chi connectivity index (χ2n) is 6.87. The molecule has 1 aromatic heterocycles. The monoisotopic (exact) mass is 370 g/mol. The summed E-state index contributed by atoms with van der Waals surface area (Å²) >= 11 is 0. The molecule has 138 valence electrons. The summed E-state index contributed by atoms with van der Waals surface area (Å²) in [5, 5.41) is 9.00. The third-order valence-corrected chi connectivity index (χ3v) is 5.22. The van der Waals surface area contributed by atoms with Crippen LogP contribution in [0.25, 0.3) is 22.2 Å². The van der Waals surface area contributed by atoms with Crippen molar-refractivity contribution in [3.8, 4) is 11.1 Å². The number of benzene rings is 3. The number of fused-ring (bicyclic) bond motifs is 2. The number of carbonyl (C=O) groups excluding carboxylic acids is 1. The summed E-state index contributed by atoms with van der Waals surface area (Å²) < 4.78 is 0. The molecule has 1 aliphatic rings.